The zero-order valence-electron chi connectivity index (χ0n) is 12.5. The molecule has 1 aromatic carbocycles. The number of esters is 1. The molecule has 0 aliphatic heterocycles. The van der Waals surface area contributed by atoms with Crippen LogP contribution in [0.1, 0.15) is 33.3 Å². The number of carbonyl (C=O) groups is 1. The van der Waals surface area contributed by atoms with Crippen LogP contribution in [0, 0.1) is 0 Å². The molecule has 5 nitrogen and oxygen atoms in total. The molecule has 0 heterocycles. The van der Waals surface area contributed by atoms with E-state index in [0.29, 0.717) is 0 Å². The molecule has 0 fully saturated rings. The van der Waals surface area contributed by atoms with Gasteiger partial charge in [-0.1, -0.05) is 18.2 Å². The van der Waals surface area contributed by atoms with E-state index in [-0.39, 0.29) is 16.9 Å². The topological polar surface area (TPSA) is 72.5 Å². The zero-order chi connectivity index (χ0) is 16.3. The lowest BCUT2D eigenvalue weighted by molar-refractivity contribution is -0.154. The third kappa shape index (κ3) is 5.81. The summed E-state index contributed by atoms with van der Waals surface area (Å²) in [6.07, 6.45) is -2.20. The summed E-state index contributed by atoms with van der Waals surface area (Å²) < 4.78 is 45.2. The van der Waals surface area contributed by atoms with E-state index in [9.17, 15) is 17.6 Å². The Kier molecular flexibility index (Phi) is 5.47. The van der Waals surface area contributed by atoms with Gasteiger partial charge in [0, 0.05) is 18.9 Å². The van der Waals surface area contributed by atoms with Gasteiger partial charge in [-0.3, -0.25) is 4.79 Å². The first-order valence-corrected chi connectivity index (χ1v) is 7.93. The average molecular weight is 317 g/mol. The molecule has 1 atom stereocenters. The summed E-state index contributed by atoms with van der Waals surface area (Å²) in [6.45, 7) is 6.23. The summed E-state index contributed by atoms with van der Waals surface area (Å²) in [6, 6.07) is 6.04. The minimum Gasteiger partial charge on any atom is -0.431 e. The van der Waals surface area contributed by atoms with Gasteiger partial charge in [-0.25, -0.2) is 17.5 Å². The van der Waals surface area contributed by atoms with Crippen LogP contribution in [0.5, 0.6) is 0 Å². The largest absolute Gasteiger partial charge is 0.431 e. The number of alkyl halides is 1. The van der Waals surface area contributed by atoms with E-state index in [0.717, 1.165) is 6.92 Å². The zero-order valence-corrected chi connectivity index (χ0v) is 13.3. The predicted octanol–water partition coefficient (Wildman–Crippen LogP) is 2.16. The van der Waals surface area contributed by atoms with Crippen molar-refractivity contribution >= 4 is 16.0 Å². The molecule has 7 heteroatoms. The van der Waals surface area contributed by atoms with Gasteiger partial charge in [-0.15, -0.1) is 0 Å². The molecule has 0 aliphatic rings. The lowest BCUT2D eigenvalue weighted by Crippen LogP contribution is -2.40. The number of hydrogen-bond acceptors (Lipinski definition) is 4. The normalized spacial score (nSPS) is 13.8. The molecule has 1 unspecified atom stereocenters. The van der Waals surface area contributed by atoms with Crippen LogP contribution in [-0.2, 0) is 26.0 Å². The maximum atomic E-state index is 13.6. The highest BCUT2D eigenvalue weighted by Gasteiger charge is 2.25. The van der Waals surface area contributed by atoms with Crippen LogP contribution < -0.4 is 4.72 Å². The van der Waals surface area contributed by atoms with Crippen LogP contribution >= 0.6 is 0 Å². The summed E-state index contributed by atoms with van der Waals surface area (Å²) in [5, 5.41) is 0. The van der Waals surface area contributed by atoms with Gasteiger partial charge in [0.1, 0.15) is 0 Å². The maximum absolute atomic E-state index is 13.6. The number of ether oxygens (including phenoxy) is 1. The van der Waals surface area contributed by atoms with Crippen molar-refractivity contribution in [2.24, 2.45) is 0 Å². The first kappa shape index (κ1) is 17.6. The number of hydrogen-bond donors (Lipinski definition) is 1. The molecule has 0 aliphatic carbocycles. The van der Waals surface area contributed by atoms with Crippen LogP contribution in [0.25, 0.3) is 0 Å². The third-order valence-electron chi connectivity index (χ3n) is 2.38. The average Bonchev–Trinajstić information content (AvgIpc) is 2.24. The van der Waals surface area contributed by atoms with E-state index in [2.05, 4.69) is 9.46 Å². The Morgan fingerprint density at radius 3 is 2.43 bits per heavy atom. The minimum atomic E-state index is -3.78. The summed E-state index contributed by atoms with van der Waals surface area (Å²) in [4.78, 5) is 10.7. The molecule has 0 radical (unpaired) electrons. The quantitative estimate of drug-likeness (QED) is 0.845. The highest BCUT2D eigenvalue weighted by Crippen LogP contribution is 2.20. The minimum absolute atomic E-state index is 0.0188. The van der Waals surface area contributed by atoms with Crippen LogP contribution in [0.3, 0.4) is 0 Å². The van der Waals surface area contributed by atoms with Crippen molar-refractivity contribution in [1.29, 1.82) is 0 Å². The molecule has 0 amide bonds. The van der Waals surface area contributed by atoms with Crippen LogP contribution in [0.2, 0.25) is 0 Å². The molecule has 118 valence electrons. The molecule has 0 saturated heterocycles. The fourth-order valence-corrected chi connectivity index (χ4v) is 3.46. The third-order valence-corrected chi connectivity index (χ3v) is 4.24. The van der Waals surface area contributed by atoms with E-state index < -0.39 is 27.9 Å². The fraction of sp³-hybridized carbons (Fsp3) is 0.500. The summed E-state index contributed by atoms with van der Waals surface area (Å²) in [5.41, 5.74) is -0.403. The first-order chi connectivity index (χ1) is 9.51. The van der Waals surface area contributed by atoms with E-state index in [1.54, 1.807) is 32.9 Å². The van der Waals surface area contributed by atoms with E-state index in [1.807, 2.05) is 0 Å². The van der Waals surface area contributed by atoms with Crippen molar-refractivity contribution < 1.29 is 22.3 Å². The van der Waals surface area contributed by atoms with Crippen molar-refractivity contribution in [1.82, 2.24) is 4.72 Å². The van der Waals surface area contributed by atoms with Crippen molar-refractivity contribution in [2.45, 2.75) is 50.9 Å². The van der Waals surface area contributed by atoms with Gasteiger partial charge in [0.2, 0.25) is 16.4 Å². The van der Waals surface area contributed by atoms with Gasteiger partial charge in [0.05, 0.1) is 4.90 Å². The Hall–Kier alpha value is -1.47. The lowest BCUT2D eigenvalue weighted by Gasteiger charge is -2.21. The highest BCUT2D eigenvalue weighted by atomic mass is 32.2. The molecular formula is C14H20FNO4S. The van der Waals surface area contributed by atoms with Gasteiger partial charge in [-0.05, 0) is 32.4 Å². The van der Waals surface area contributed by atoms with Crippen molar-refractivity contribution in [3.8, 4) is 0 Å². The fourth-order valence-electron chi connectivity index (χ4n) is 1.79. The summed E-state index contributed by atoms with van der Waals surface area (Å²) in [5.74, 6) is -0.754. The van der Waals surface area contributed by atoms with Crippen molar-refractivity contribution in [3.05, 3.63) is 29.8 Å². The first-order valence-electron chi connectivity index (χ1n) is 6.44. The van der Waals surface area contributed by atoms with E-state index in [4.69, 9.17) is 0 Å². The molecule has 0 bridgehead atoms. The monoisotopic (exact) mass is 317 g/mol. The Bertz CT molecular complexity index is 608. The summed E-state index contributed by atoms with van der Waals surface area (Å²) in [7, 11) is -3.78. The van der Waals surface area contributed by atoms with Gasteiger partial charge >= 0.3 is 5.97 Å². The molecule has 0 aromatic heterocycles. The maximum Gasteiger partial charge on any atom is 0.305 e. The molecule has 0 saturated carbocycles. The van der Waals surface area contributed by atoms with Crippen LogP contribution in [0.15, 0.2) is 29.2 Å². The smallest absolute Gasteiger partial charge is 0.305 e. The summed E-state index contributed by atoms with van der Waals surface area (Å²) >= 11 is 0. The molecule has 1 N–H and O–H groups in total. The molecule has 1 aromatic rings. The number of rotatable bonds is 5. The standard InChI is InChI=1S/C14H20FNO4S/c1-10(17)20-13(15)9-11-7-5-6-8-12(11)21(18,19)16-14(2,3)4/h5-8,13,16H,9H2,1-4H3. The van der Waals surface area contributed by atoms with Crippen molar-refractivity contribution in [3.63, 3.8) is 0 Å². The van der Waals surface area contributed by atoms with Gasteiger partial charge in [-0.2, -0.15) is 0 Å². The second kappa shape index (κ2) is 6.53. The Morgan fingerprint density at radius 1 is 1.33 bits per heavy atom. The SMILES string of the molecule is CC(=O)OC(F)Cc1ccccc1S(=O)(=O)NC(C)(C)C. The predicted molar refractivity (Wildman–Crippen MR) is 76.9 cm³/mol. The second-order valence-electron chi connectivity index (χ2n) is 5.69. The van der Waals surface area contributed by atoms with Crippen LogP contribution in [-0.4, -0.2) is 26.3 Å². The number of nitrogens with one attached hydrogen (secondary N) is 1. The molecular weight excluding hydrogens is 297 g/mol. The molecule has 1 rings (SSSR count). The van der Waals surface area contributed by atoms with Gasteiger partial charge < -0.3 is 4.74 Å². The number of halogens is 1. The van der Waals surface area contributed by atoms with E-state index >= 15 is 0 Å². The number of carbonyl (C=O) groups excluding carboxylic acids is 1. The Labute approximate surface area is 124 Å². The van der Waals surface area contributed by atoms with E-state index in [1.165, 1.54) is 12.1 Å². The number of sulfonamides is 1. The number of benzene rings is 1. The second-order valence-corrected chi connectivity index (χ2v) is 7.34. The van der Waals surface area contributed by atoms with Gasteiger partial charge in [0.15, 0.2) is 0 Å². The molecule has 21 heavy (non-hydrogen) atoms. The Morgan fingerprint density at radius 2 is 1.90 bits per heavy atom. The molecule has 0 spiro atoms. The van der Waals surface area contributed by atoms with Crippen molar-refractivity contribution in [2.75, 3.05) is 0 Å². The highest BCUT2D eigenvalue weighted by molar-refractivity contribution is 7.89. The Balaban J connectivity index is 3.07. The van der Waals surface area contributed by atoms with Gasteiger partial charge in [0.25, 0.3) is 0 Å². The lowest BCUT2D eigenvalue weighted by atomic mass is 10.1. The van der Waals surface area contributed by atoms with Crippen LogP contribution in [0.4, 0.5) is 4.39 Å².